The zero-order valence-corrected chi connectivity index (χ0v) is 16.5. The average Bonchev–Trinajstić information content (AvgIpc) is 3.55. The number of carbonyl (C=O) groups excluding carboxylic acids is 1. The first-order chi connectivity index (χ1) is 13.6. The third-order valence-electron chi connectivity index (χ3n) is 5.42. The molecule has 0 spiro atoms. The number of fused-ring (bicyclic) bond motifs is 1. The van der Waals surface area contributed by atoms with E-state index >= 15 is 0 Å². The summed E-state index contributed by atoms with van der Waals surface area (Å²) in [5.41, 5.74) is 2.19. The number of amides is 2. The summed E-state index contributed by atoms with van der Waals surface area (Å²) < 4.78 is 11.3. The van der Waals surface area contributed by atoms with E-state index in [2.05, 4.69) is 36.6 Å². The Morgan fingerprint density at radius 1 is 0.929 bits per heavy atom. The van der Waals surface area contributed by atoms with Crippen molar-refractivity contribution in [3.63, 3.8) is 0 Å². The van der Waals surface area contributed by atoms with Gasteiger partial charge in [-0.3, -0.25) is 0 Å². The number of ether oxygens (including phenoxy) is 2. The van der Waals surface area contributed by atoms with Crippen LogP contribution >= 0.6 is 0 Å². The van der Waals surface area contributed by atoms with Gasteiger partial charge in [0.2, 0.25) is 0 Å². The molecule has 0 saturated heterocycles. The van der Waals surface area contributed by atoms with Crippen molar-refractivity contribution in [2.45, 2.75) is 38.8 Å². The number of hydrogen-bond donors (Lipinski definition) is 2. The predicted molar refractivity (Wildman–Crippen MR) is 109 cm³/mol. The molecule has 1 aliphatic carbocycles. The Kier molecular flexibility index (Phi) is 5.42. The third kappa shape index (κ3) is 4.24. The first-order valence-corrected chi connectivity index (χ1v) is 10.1. The van der Waals surface area contributed by atoms with Gasteiger partial charge in [0.25, 0.3) is 0 Å². The second kappa shape index (κ2) is 8.13. The minimum Gasteiger partial charge on any atom is -0.486 e. The maximum absolute atomic E-state index is 12.9. The summed E-state index contributed by atoms with van der Waals surface area (Å²) in [7, 11) is 0. The molecule has 1 saturated carbocycles. The molecule has 2 atom stereocenters. The quantitative estimate of drug-likeness (QED) is 0.770. The van der Waals surface area contributed by atoms with Gasteiger partial charge in [-0.15, -0.1) is 0 Å². The lowest BCUT2D eigenvalue weighted by Gasteiger charge is -2.27. The summed E-state index contributed by atoms with van der Waals surface area (Å²) in [5, 5.41) is 6.38. The molecule has 2 amide bonds. The van der Waals surface area contributed by atoms with Crippen LogP contribution in [0, 0.1) is 11.8 Å². The number of hydrogen-bond acceptors (Lipinski definition) is 3. The van der Waals surface area contributed by atoms with E-state index in [0.717, 1.165) is 29.9 Å². The fourth-order valence-corrected chi connectivity index (χ4v) is 3.78. The predicted octanol–water partition coefficient (Wildman–Crippen LogP) is 4.61. The van der Waals surface area contributed by atoms with Crippen molar-refractivity contribution in [3.8, 4) is 11.5 Å². The zero-order chi connectivity index (χ0) is 19.5. The molecule has 0 aromatic heterocycles. The number of nitrogens with one attached hydrogen (secondary N) is 2. The minimum absolute atomic E-state index is 0.0641. The van der Waals surface area contributed by atoms with Gasteiger partial charge in [0.1, 0.15) is 13.2 Å². The molecule has 28 heavy (non-hydrogen) atoms. The molecule has 4 rings (SSSR count). The summed E-state index contributed by atoms with van der Waals surface area (Å²) in [6, 6.07) is 16.0. The van der Waals surface area contributed by atoms with Crippen molar-refractivity contribution < 1.29 is 14.3 Å². The number of rotatable bonds is 6. The van der Waals surface area contributed by atoms with Crippen molar-refractivity contribution >= 4 is 6.03 Å². The monoisotopic (exact) mass is 380 g/mol. The van der Waals surface area contributed by atoms with Gasteiger partial charge >= 0.3 is 6.03 Å². The highest BCUT2D eigenvalue weighted by Gasteiger charge is 2.34. The van der Waals surface area contributed by atoms with E-state index < -0.39 is 0 Å². The van der Waals surface area contributed by atoms with Crippen molar-refractivity contribution in [1.82, 2.24) is 10.6 Å². The lowest BCUT2D eigenvalue weighted by atomic mass is 9.95. The van der Waals surface area contributed by atoms with Gasteiger partial charge in [0.15, 0.2) is 11.5 Å². The van der Waals surface area contributed by atoms with E-state index in [1.54, 1.807) is 0 Å². The van der Waals surface area contributed by atoms with E-state index in [9.17, 15) is 4.79 Å². The van der Waals surface area contributed by atoms with Crippen LogP contribution < -0.4 is 20.1 Å². The Balaban J connectivity index is 1.48. The molecule has 1 heterocycles. The van der Waals surface area contributed by atoms with E-state index in [4.69, 9.17) is 9.47 Å². The summed E-state index contributed by atoms with van der Waals surface area (Å²) in [6.07, 6.45) is 2.32. The molecule has 0 radical (unpaired) electrons. The minimum atomic E-state index is -0.130. The molecule has 1 fully saturated rings. The molecule has 1 aliphatic heterocycles. The molecule has 5 heteroatoms. The maximum atomic E-state index is 12.9. The molecule has 2 aromatic carbocycles. The smallest absolute Gasteiger partial charge is 0.315 e. The highest BCUT2D eigenvalue weighted by molar-refractivity contribution is 5.75. The molecule has 2 aromatic rings. The normalized spacial score (nSPS) is 17.7. The van der Waals surface area contributed by atoms with Crippen LogP contribution in [-0.2, 0) is 0 Å². The molecule has 0 unspecified atom stereocenters. The summed E-state index contributed by atoms with van der Waals surface area (Å²) in [6.45, 7) is 5.34. The van der Waals surface area contributed by atoms with Gasteiger partial charge in [0, 0.05) is 0 Å². The van der Waals surface area contributed by atoms with Gasteiger partial charge < -0.3 is 20.1 Å². The number of urea groups is 1. The van der Waals surface area contributed by atoms with Crippen molar-refractivity contribution in [1.29, 1.82) is 0 Å². The lowest BCUT2D eigenvalue weighted by molar-refractivity contribution is 0.171. The van der Waals surface area contributed by atoms with Gasteiger partial charge in [-0.05, 0) is 47.9 Å². The molecule has 2 N–H and O–H groups in total. The number of benzene rings is 2. The van der Waals surface area contributed by atoms with Crippen molar-refractivity contribution in [2.24, 2.45) is 11.8 Å². The van der Waals surface area contributed by atoms with E-state index in [0.29, 0.717) is 19.1 Å². The SMILES string of the molecule is CC(C)[C@H](NC(=O)N[C@@H](c1ccccc1)C1CC1)c1ccc2c(c1)OCCO2. The average molecular weight is 380 g/mol. The molecule has 148 valence electrons. The van der Waals surface area contributed by atoms with Crippen molar-refractivity contribution in [3.05, 3.63) is 59.7 Å². The molecule has 5 nitrogen and oxygen atoms in total. The van der Waals surface area contributed by atoms with Gasteiger partial charge in [-0.2, -0.15) is 0 Å². The van der Waals surface area contributed by atoms with E-state index in [1.165, 1.54) is 5.56 Å². The van der Waals surface area contributed by atoms with Crippen molar-refractivity contribution in [2.75, 3.05) is 13.2 Å². The fourth-order valence-electron chi connectivity index (χ4n) is 3.78. The number of carbonyl (C=O) groups is 1. The summed E-state index contributed by atoms with van der Waals surface area (Å²) in [5.74, 6) is 2.28. The molecular weight excluding hydrogens is 352 g/mol. The topological polar surface area (TPSA) is 59.6 Å². The first kappa shape index (κ1) is 18.7. The molecular formula is C23H28N2O3. The first-order valence-electron chi connectivity index (χ1n) is 10.1. The van der Waals surface area contributed by atoms with Gasteiger partial charge in [-0.1, -0.05) is 50.2 Å². The maximum Gasteiger partial charge on any atom is 0.315 e. The van der Waals surface area contributed by atoms with Crippen LogP contribution in [0.25, 0.3) is 0 Å². The second-order valence-corrected chi connectivity index (χ2v) is 7.97. The highest BCUT2D eigenvalue weighted by Crippen LogP contribution is 2.41. The Morgan fingerprint density at radius 2 is 1.64 bits per heavy atom. The van der Waals surface area contributed by atoms with E-state index in [1.807, 2.05) is 36.4 Å². The Labute approximate surface area is 166 Å². The zero-order valence-electron chi connectivity index (χ0n) is 16.5. The highest BCUT2D eigenvalue weighted by atomic mass is 16.6. The molecule has 2 aliphatic rings. The fraction of sp³-hybridized carbons (Fsp3) is 0.435. The summed E-state index contributed by atoms with van der Waals surface area (Å²) in [4.78, 5) is 12.9. The van der Waals surface area contributed by atoms with E-state index in [-0.39, 0.29) is 24.0 Å². The molecule has 0 bridgehead atoms. The second-order valence-electron chi connectivity index (χ2n) is 7.97. The van der Waals surface area contributed by atoms with Crippen LogP contribution in [0.4, 0.5) is 4.79 Å². The standard InChI is InChI=1S/C23H28N2O3/c1-15(2)21(18-10-11-19-20(14-18)28-13-12-27-19)24-23(26)25-22(17-8-9-17)16-6-4-3-5-7-16/h3-7,10-11,14-15,17,21-22H,8-9,12-13H2,1-2H3,(H2,24,25,26)/t21-,22-/m0/s1. The third-order valence-corrected chi connectivity index (χ3v) is 5.42. The van der Waals surface area contributed by atoms with Gasteiger partial charge in [0.05, 0.1) is 12.1 Å². The van der Waals surface area contributed by atoms with Gasteiger partial charge in [-0.25, -0.2) is 4.79 Å². The Hall–Kier alpha value is -2.69. The van der Waals surface area contributed by atoms with Crippen LogP contribution in [0.15, 0.2) is 48.5 Å². The van der Waals surface area contributed by atoms with Crippen LogP contribution in [-0.4, -0.2) is 19.2 Å². The lowest BCUT2D eigenvalue weighted by Crippen LogP contribution is -2.42. The van der Waals surface area contributed by atoms with Crippen LogP contribution in [0.3, 0.4) is 0 Å². The van der Waals surface area contributed by atoms with Crippen LogP contribution in [0.1, 0.15) is 49.9 Å². The van der Waals surface area contributed by atoms with Crippen LogP contribution in [0.2, 0.25) is 0 Å². The largest absolute Gasteiger partial charge is 0.486 e. The van der Waals surface area contributed by atoms with Crippen LogP contribution in [0.5, 0.6) is 11.5 Å². The Morgan fingerprint density at radius 3 is 2.32 bits per heavy atom. The Bertz CT molecular complexity index is 818. The summed E-state index contributed by atoms with van der Waals surface area (Å²) >= 11 is 0.